The summed E-state index contributed by atoms with van der Waals surface area (Å²) in [6.07, 6.45) is 3.09. The fourth-order valence-corrected chi connectivity index (χ4v) is 2.58. The van der Waals surface area contributed by atoms with E-state index in [1.54, 1.807) is 0 Å². The highest BCUT2D eigenvalue weighted by molar-refractivity contribution is 14.0. The van der Waals surface area contributed by atoms with Crippen LogP contribution in [0.2, 0.25) is 0 Å². The van der Waals surface area contributed by atoms with Gasteiger partial charge in [-0.1, -0.05) is 6.92 Å². The van der Waals surface area contributed by atoms with Crippen LogP contribution < -0.4 is 10.6 Å². The van der Waals surface area contributed by atoms with Gasteiger partial charge in [-0.05, 0) is 31.5 Å². The third-order valence-corrected chi connectivity index (χ3v) is 3.96. The molecule has 0 bridgehead atoms. The van der Waals surface area contributed by atoms with Crippen LogP contribution in [0, 0.1) is 5.92 Å². The molecule has 21 heavy (non-hydrogen) atoms. The van der Waals surface area contributed by atoms with Gasteiger partial charge in [-0.25, -0.2) is 0 Å². The molecule has 0 spiro atoms. The summed E-state index contributed by atoms with van der Waals surface area (Å²) in [5.41, 5.74) is 1.14. The van der Waals surface area contributed by atoms with Gasteiger partial charge in [0.2, 0.25) is 0 Å². The predicted octanol–water partition coefficient (Wildman–Crippen LogP) is 1.04. The lowest BCUT2D eigenvalue weighted by Gasteiger charge is -2.16. The standard InChI is InChI=1S/C14H26N6.HI/c1-4-20-8-6-12(11-20)9-16-14(15-2)17-10-13-5-7-18-19(13)3;/h5,7,12H,4,6,8-11H2,1-3H3,(H2,15,16,17);1H. The van der Waals surface area contributed by atoms with Crippen molar-refractivity contribution in [1.82, 2.24) is 25.3 Å². The predicted molar refractivity (Wildman–Crippen MR) is 97.0 cm³/mol. The SMILES string of the molecule is CCN1CCC(CNC(=NC)NCc2ccnn2C)C1.I. The maximum atomic E-state index is 4.27. The number of likely N-dealkylation sites (tertiary alicyclic amines) is 1. The van der Waals surface area contributed by atoms with Crippen LogP contribution in [0.4, 0.5) is 0 Å². The molecular weight excluding hydrogens is 379 g/mol. The highest BCUT2D eigenvalue weighted by Gasteiger charge is 2.20. The zero-order valence-electron chi connectivity index (χ0n) is 13.2. The molecule has 6 nitrogen and oxygen atoms in total. The Balaban J connectivity index is 0.00000220. The van der Waals surface area contributed by atoms with Crippen molar-refractivity contribution in [3.8, 4) is 0 Å². The van der Waals surface area contributed by atoms with E-state index in [1.165, 1.54) is 19.5 Å². The minimum atomic E-state index is 0. The molecule has 7 heteroatoms. The summed E-state index contributed by atoms with van der Waals surface area (Å²) in [5.74, 6) is 1.59. The van der Waals surface area contributed by atoms with Gasteiger partial charge >= 0.3 is 0 Å². The largest absolute Gasteiger partial charge is 0.356 e. The highest BCUT2D eigenvalue weighted by Crippen LogP contribution is 2.14. The Labute approximate surface area is 144 Å². The second-order valence-electron chi connectivity index (χ2n) is 5.30. The van der Waals surface area contributed by atoms with Gasteiger partial charge in [-0.15, -0.1) is 24.0 Å². The number of guanidine groups is 1. The van der Waals surface area contributed by atoms with Crippen LogP contribution in [-0.2, 0) is 13.6 Å². The van der Waals surface area contributed by atoms with E-state index in [1.807, 2.05) is 31.0 Å². The minimum Gasteiger partial charge on any atom is -0.356 e. The number of nitrogens with zero attached hydrogens (tertiary/aromatic N) is 4. The lowest BCUT2D eigenvalue weighted by Crippen LogP contribution is -2.40. The number of halogens is 1. The number of aromatic nitrogens is 2. The molecule has 1 unspecified atom stereocenters. The average molecular weight is 406 g/mol. The molecule has 0 aliphatic carbocycles. The summed E-state index contributed by atoms with van der Waals surface area (Å²) in [6.45, 7) is 7.53. The van der Waals surface area contributed by atoms with Gasteiger partial charge in [-0.3, -0.25) is 9.67 Å². The molecule has 1 aliphatic rings. The fourth-order valence-electron chi connectivity index (χ4n) is 2.58. The molecule has 1 aromatic heterocycles. The van der Waals surface area contributed by atoms with Gasteiger partial charge in [0.25, 0.3) is 0 Å². The zero-order valence-corrected chi connectivity index (χ0v) is 15.5. The monoisotopic (exact) mass is 406 g/mol. The normalized spacial score (nSPS) is 19.4. The molecule has 2 rings (SSSR count). The first-order valence-electron chi connectivity index (χ1n) is 7.36. The van der Waals surface area contributed by atoms with Crippen LogP contribution in [0.1, 0.15) is 19.0 Å². The molecule has 1 saturated heterocycles. The Kier molecular flexibility index (Phi) is 8.02. The van der Waals surface area contributed by atoms with Crippen LogP contribution in [0.25, 0.3) is 0 Å². The first kappa shape index (κ1) is 18.2. The van der Waals surface area contributed by atoms with Crippen molar-refractivity contribution in [3.63, 3.8) is 0 Å². The van der Waals surface area contributed by atoms with E-state index in [0.29, 0.717) is 0 Å². The molecule has 1 aliphatic heterocycles. The third kappa shape index (κ3) is 5.46. The topological polar surface area (TPSA) is 57.5 Å². The quantitative estimate of drug-likeness (QED) is 0.436. The number of nitrogens with one attached hydrogen (secondary N) is 2. The van der Waals surface area contributed by atoms with Crippen LogP contribution in [0.15, 0.2) is 17.3 Å². The van der Waals surface area contributed by atoms with Gasteiger partial charge in [0, 0.05) is 33.4 Å². The minimum absolute atomic E-state index is 0. The molecule has 1 aromatic rings. The first-order chi connectivity index (χ1) is 9.72. The van der Waals surface area contributed by atoms with E-state index in [2.05, 4.69) is 32.5 Å². The van der Waals surface area contributed by atoms with E-state index >= 15 is 0 Å². The average Bonchev–Trinajstić information content (AvgIpc) is 3.08. The Bertz CT molecular complexity index is 444. The summed E-state index contributed by atoms with van der Waals surface area (Å²) in [7, 11) is 3.76. The van der Waals surface area contributed by atoms with E-state index in [-0.39, 0.29) is 24.0 Å². The number of hydrogen-bond donors (Lipinski definition) is 2. The highest BCUT2D eigenvalue weighted by atomic mass is 127. The smallest absolute Gasteiger partial charge is 0.191 e. The van der Waals surface area contributed by atoms with Gasteiger partial charge in [-0.2, -0.15) is 5.10 Å². The number of aryl methyl sites for hydroxylation is 1. The molecule has 1 atom stereocenters. The zero-order chi connectivity index (χ0) is 14.4. The molecule has 1 fully saturated rings. The molecular formula is C14H27IN6. The van der Waals surface area contributed by atoms with Gasteiger partial charge < -0.3 is 15.5 Å². The maximum Gasteiger partial charge on any atom is 0.191 e. The summed E-state index contributed by atoms with van der Waals surface area (Å²) >= 11 is 0. The molecule has 0 saturated carbocycles. The lowest BCUT2D eigenvalue weighted by molar-refractivity contribution is 0.342. The molecule has 2 N–H and O–H groups in total. The Hall–Kier alpha value is -0.830. The van der Waals surface area contributed by atoms with Crippen LogP contribution in [-0.4, -0.2) is 53.9 Å². The number of hydrogen-bond acceptors (Lipinski definition) is 3. The van der Waals surface area contributed by atoms with Crippen molar-refractivity contribution in [2.75, 3.05) is 33.2 Å². The van der Waals surface area contributed by atoms with E-state index in [0.717, 1.165) is 37.2 Å². The van der Waals surface area contributed by atoms with Crippen molar-refractivity contribution >= 4 is 29.9 Å². The van der Waals surface area contributed by atoms with Crippen molar-refractivity contribution in [2.45, 2.75) is 19.9 Å². The van der Waals surface area contributed by atoms with Crippen molar-refractivity contribution < 1.29 is 0 Å². The fraction of sp³-hybridized carbons (Fsp3) is 0.714. The maximum absolute atomic E-state index is 4.27. The number of aliphatic imine (C=N–C) groups is 1. The van der Waals surface area contributed by atoms with Crippen LogP contribution in [0.3, 0.4) is 0 Å². The molecule has 0 radical (unpaired) electrons. The molecule has 2 heterocycles. The summed E-state index contributed by atoms with van der Waals surface area (Å²) < 4.78 is 1.87. The molecule has 0 amide bonds. The third-order valence-electron chi connectivity index (χ3n) is 3.96. The second-order valence-corrected chi connectivity index (χ2v) is 5.30. The van der Waals surface area contributed by atoms with E-state index in [4.69, 9.17) is 0 Å². The van der Waals surface area contributed by atoms with Gasteiger partial charge in [0.05, 0.1) is 12.2 Å². The summed E-state index contributed by atoms with van der Waals surface area (Å²) in [4.78, 5) is 6.77. The van der Waals surface area contributed by atoms with Crippen molar-refractivity contribution in [3.05, 3.63) is 18.0 Å². The van der Waals surface area contributed by atoms with Crippen molar-refractivity contribution in [1.29, 1.82) is 0 Å². The van der Waals surface area contributed by atoms with Crippen molar-refractivity contribution in [2.24, 2.45) is 18.0 Å². The Morgan fingerprint density at radius 1 is 1.48 bits per heavy atom. The summed E-state index contributed by atoms with van der Waals surface area (Å²) in [6, 6.07) is 2.01. The molecule has 0 aromatic carbocycles. The summed E-state index contributed by atoms with van der Waals surface area (Å²) in [5, 5.41) is 10.9. The van der Waals surface area contributed by atoms with Crippen LogP contribution >= 0.6 is 24.0 Å². The van der Waals surface area contributed by atoms with Gasteiger partial charge in [0.15, 0.2) is 5.96 Å². The van der Waals surface area contributed by atoms with E-state index in [9.17, 15) is 0 Å². The first-order valence-corrected chi connectivity index (χ1v) is 7.36. The Morgan fingerprint density at radius 3 is 2.86 bits per heavy atom. The molecule has 120 valence electrons. The second kappa shape index (κ2) is 9.24. The van der Waals surface area contributed by atoms with E-state index < -0.39 is 0 Å². The van der Waals surface area contributed by atoms with Gasteiger partial charge in [0.1, 0.15) is 0 Å². The lowest BCUT2D eigenvalue weighted by atomic mass is 10.1. The Morgan fingerprint density at radius 2 is 2.29 bits per heavy atom. The van der Waals surface area contributed by atoms with Crippen LogP contribution in [0.5, 0.6) is 0 Å². The number of rotatable bonds is 5.